The van der Waals surface area contributed by atoms with Crippen molar-refractivity contribution in [3.8, 4) is 11.1 Å². The van der Waals surface area contributed by atoms with Gasteiger partial charge >= 0.3 is 12.1 Å². The summed E-state index contributed by atoms with van der Waals surface area (Å²) in [6.45, 7) is 0.137. The number of benzene rings is 2. The maximum atomic E-state index is 12.9. The Kier molecular flexibility index (Phi) is 6.50. The van der Waals surface area contributed by atoms with Crippen LogP contribution in [0.15, 0.2) is 48.5 Å². The van der Waals surface area contributed by atoms with E-state index in [2.05, 4.69) is 22.8 Å². The Bertz CT molecular complexity index is 1070. The molecule has 0 heterocycles. The largest absolute Gasteiger partial charge is 0.481 e. The van der Waals surface area contributed by atoms with Crippen LogP contribution in [0.5, 0.6) is 0 Å². The van der Waals surface area contributed by atoms with Crippen molar-refractivity contribution in [1.29, 1.82) is 0 Å². The second-order valence-corrected chi connectivity index (χ2v) is 10.2. The predicted octanol–water partition coefficient (Wildman–Crippen LogP) is 4.60. The molecule has 3 aliphatic carbocycles. The van der Waals surface area contributed by atoms with E-state index in [9.17, 15) is 14.4 Å². The molecule has 7 heteroatoms. The Balaban J connectivity index is 1.20. The first-order valence-electron chi connectivity index (χ1n) is 12.6. The average Bonchev–Trinajstić information content (AvgIpc) is 3.54. The molecule has 2 fully saturated rings. The maximum absolute atomic E-state index is 12.9. The molecule has 7 nitrogen and oxygen atoms in total. The fourth-order valence-electron chi connectivity index (χ4n) is 5.67. The van der Waals surface area contributed by atoms with Crippen molar-refractivity contribution in [1.82, 2.24) is 10.6 Å². The Morgan fingerprint density at radius 1 is 0.943 bits per heavy atom. The van der Waals surface area contributed by atoms with Gasteiger partial charge in [-0.2, -0.15) is 0 Å². The van der Waals surface area contributed by atoms with Gasteiger partial charge in [-0.25, -0.2) is 4.79 Å². The summed E-state index contributed by atoms with van der Waals surface area (Å²) in [5.41, 5.74) is 5.00. The van der Waals surface area contributed by atoms with Crippen LogP contribution in [-0.4, -0.2) is 41.8 Å². The smallest absolute Gasteiger partial charge is 0.407 e. The molecule has 5 rings (SSSR count). The first kappa shape index (κ1) is 23.4. The molecule has 0 aromatic heterocycles. The maximum Gasteiger partial charge on any atom is 0.407 e. The van der Waals surface area contributed by atoms with Crippen LogP contribution < -0.4 is 10.6 Å². The van der Waals surface area contributed by atoms with E-state index < -0.39 is 18.1 Å². The van der Waals surface area contributed by atoms with Gasteiger partial charge in [-0.1, -0.05) is 48.5 Å². The summed E-state index contributed by atoms with van der Waals surface area (Å²) in [5, 5.41) is 14.8. The Morgan fingerprint density at radius 2 is 1.54 bits per heavy atom. The number of carboxylic acid groups (broad SMARTS) is 1. The second kappa shape index (κ2) is 9.72. The summed E-state index contributed by atoms with van der Waals surface area (Å²) in [6.07, 6.45) is 5.78. The first-order chi connectivity index (χ1) is 16.9. The highest BCUT2D eigenvalue weighted by molar-refractivity contribution is 5.86. The minimum atomic E-state index is -1.01. The number of alkyl carbamates (subject to hydrolysis) is 1. The van der Waals surface area contributed by atoms with E-state index in [0.29, 0.717) is 5.41 Å². The van der Waals surface area contributed by atoms with Gasteiger partial charge in [0.2, 0.25) is 5.91 Å². The van der Waals surface area contributed by atoms with Crippen molar-refractivity contribution in [3.05, 3.63) is 59.7 Å². The van der Waals surface area contributed by atoms with E-state index in [1.165, 1.54) is 12.8 Å². The van der Waals surface area contributed by atoms with Crippen molar-refractivity contribution in [3.63, 3.8) is 0 Å². The molecule has 3 aliphatic rings. The molecular formula is C28H32N2O5. The molecule has 184 valence electrons. The van der Waals surface area contributed by atoms with Crippen LogP contribution in [-0.2, 0) is 14.3 Å². The highest BCUT2D eigenvalue weighted by Gasteiger charge is 2.45. The number of fused-ring (bicyclic) bond motifs is 3. The Hall–Kier alpha value is -3.35. The van der Waals surface area contributed by atoms with Crippen LogP contribution in [0.2, 0.25) is 0 Å². The zero-order valence-corrected chi connectivity index (χ0v) is 19.8. The summed E-state index contributed by atoms with van der Waals surface area (Å²) in [5.74, 6) is -1.43. The molecule has 2 amide bonds. The fourth-order valence-corrected chi connectivity index (χ4v) is 5.67. The zero-order chi connectivity index (χ0) is 24.4. The summed E-state index contributed by atoms with van der Waals surface area (Å²) < 4.78 is 5.58. The number of carbonyl (C=O) groups is 3. The van der Waals surface area contributed by atoms with E-state index in [1.54, 1.807) is 0 Å². The summed E-state index contributed by atoms with van der Waals surface area (Å²) >= 11 is 0. The lowest BCUT2D eigenvalue weighted by atomic mass is 9.83. The van der Waals surface area contributed by atoms with E-state index >= 15 is 0 Å². The Labute approximate surface area is 205 Å². The molecule has 1 unspecified atom stereocenters. The number of ether oxygens (including phenoxy) is 1. The molecule has 0 radical (unpaired) electrons. The molecule has 3 N–H and O–H groups in total. The SMILES string of the molecule is O=C(O)CCC(NC(=O)OCC1c2ccccc2-c2ccccc21)C(=O)NC1CCC2(CC1)CC2. The number of nitrogens with one attached hydrogen (secondary N) is 2. The number of rotatable bonds is 8. The van der Waals surface area contributed by atoms with Crippen LogP contribution in [0, 0.1) is 5.41 Å². The van der Waals surface area contributed by atoms with Crippen molar-refractivity contribution in [2.24, 2.45) is 5.41 Å². The number of hydrogen-bond donors (Lipinski definition) is 3. The van der Waals surface area contributed by atoms with Crippen LogP contribution in [0.25, 0.3) is 11.1 Å². The molecule has 2 saturated carbocycles. The van der Waals surface area contributed by atoms with Crippen LogP contribution in [0.1, 0.15) is 68.4 Å². The number of hydrogen-bond acceptors (Lipinski definition) is 4. The normalized spacial score (nSPS) is 18.9. The van der Waals surface area contributed by atoms with Crippen LogP contribution in [0.4, 0.5) is 4.79 Å². The van der Waals surface area contributed by atoms with Crippen LogP contribution >= 0.6 is 0 Å². The number of aliphatic carboxylic acids is 1. The standard InChI is InChI=1S/C28H32N2O5/c31-25(32)10-9-24(26(33)29-18-11-13-28(14-12-18)15-16-28)30-27(34)35-17-23-21-7-3-1-5-19(21)20-6-2-4-8-22(20)23/h1-8,18,23-24H,9-17H2,(H,29,33)(H,30,34)(H,31,32). The third-order valence-electron chi connectivity index (χ3n) is 7.95. The van der Waals surface area contributed by atoms with E-state index in [4.69, 9.17) is 9.84 Å². The average molecular weight is 477 g/mol. The second-order valence-electron chi connectivity index (χ2n) is 10.2. The lowest BCUT2D eigenvalue weighted by Gasteiger charge is -2.30. The minimum absolute atomic E-state index is 0.0159. The topological polar surface area (TPSA) is 105 Å². The molecule has 0 aliphatic heterocycles. The van der Waals surface area contributed by atoms with Crippen molar-refractivity contribution < 1.29 is 24.2 Å². The zero-order valence-electron chi connectivity index (χ0n) is 19.8. The van der Waals surface area contributed by atoms with Gasteiger partial charge in [0.05, 0.1) is 0 Å². The van der Waals surface area contributed by atoms with Gasteiger partial charge in [0.25, 0.3) is 0 Å². The first-order valence-corrected chi connectivity index (χ1v) is 12.6. The van der Waals surface area contributed by atoms with Gasteiger partial charge in [0, 0.05) is 18.4 Å². The molecule has 1 spiro atoms. The minimum Gasteiger partial charge on any atom is -0.481 e. The van der Waals surface area contributed by atoms with E-state index in [1.807, 2.05) is 36.4 Å². The lowest BCUT2D eigenvalue weighted by Crippen LogP contribution is -2.50. The summed E-state index contributed by atoms with van der Waals surface area (Å²) in [4.78, 5) is 36.8. The van der Waals surface area contributed by atoms with Gasteiger partial charge in [-0.05, 0) is 72.6 Å². The van der Waals surface area contributed by atoms with Gasteiger partial charge < -0.3 is 20.5 Å². The highest BCUT2D eigenvalue weighted by atomic mass is 16.5. The van der Waals surface area contributed by atoms with Gasteiger partial charge in [-0.15, -0.1) is 0 Å². The third kappa shape index (κ3) is 5.19. The van der Waals surface area contributed by atoms with E-state index in [-0.39, 0.29) is 37.3 Å². The third-order valence-corrected chi connectivity index (χ3v) is 7.95. The molecular weight excluding hydrogens is 444 g/mol. The van der Waals surface area contributed by atoms with Gasteiger partial charge in [-0.3, -0.25) is 9.59 Å². The van der Waals surface area contributed by atoms with Crippen LogP contribution in [0.3, 0.4) is 0 Å². The number of amides is 2. The number of carboxylic acids is 1. The molecule has 0 saturated heterocycles. The molecule has 2 aromatic carbocycles. The van der Waals surface area contributed by atoms with Crippen molar-refractivity contribution >= 4 is 18.0 Å². The fraction of sp³-hybridized carbons (Fsp3) is 0.464. The molecule has 35 heavy (non-hydrogen) atoms. The predicted molar refractivity (Wildman–Crippen MR) is 131 cm³/mol. The highest BCUT2D eigenvalue weighted by Crippen LogP contribution is 2.56. The lowest BCUT2D eigenvalue weighted by molar-refractivity contribution is -0.137. The molecule has 0 bridgehead atoms. The quantitative estimate of drug-likeness (QED) is 0.517. The Morgan fingerprint density at radius 3 is 2.11 bits per heavy atom. The van der Waals surface area contributed by atoms with Crippen molar-refractivity contribution in [2.45, 2.75) is 69.4 Å². The molecule has 2 aromatic rings. The van der Waals surface area contributed by atoms with Crippen molar-refractivity contribution in [2.75, 3.05) is 6.61 Å². The summed E-state index contributed by atoms with van der Waals surface area (Å²) in [7, 11) is 0. The molecule has 1 atom stereocenters. The van der Waals surface area contributed by atoms with E-state index in [0.717, 1.165) is 47.9 Å². The monoisotopic (exact) mass is 476 g/mol. The van der Waals surface area contributed by atoms with Gasteiger partial charge in [0.1, 0.15) is 12.6 Å². The van der Waals surface area contributed by atoms with Gasteiger partial charge in [0.15, 0.2) is 0 Å². The summed E-state index contributed by atoms with van der Waals surface area (Å²) in [6, 6.07) is 15.3. The number of carbonyl (C=O) groups excluding carboxylic acids is 2.